The summed E-state index contributed by atoms with van der Waals surface area (Å²) in [5.74, 6) is -3.11. The maximum atomic E-state index is 13.7. The van der Waals surface area contributed by atoms with Crippen LogP contribution in [0.5, 0.6) is 5.75 Å². The van der Waals surface area contributed by atoms with Crippen LogP contribution in [0.3, 0.4) is 0 Å². The van der Waals surface area contributed by atoms with Crippen molar-refractivity contribution >= 4 is 29.5 Å². The lowest BCUT2D eigenvalue weighted by molar-refractivity contribution is -0.163. The molecule has 49 heavy (non-hydrogen) atoms. The number of hydrogen-bond donors (Lipinski definition) is 0. The van der Waals surface area contributed by atoms with Crippen molar-refractivity contribution in [1.82, 2.24) is 0 Å². The highest BCUT2D eigenvalue weighted by molar-refractivity contribution is 6.06. The summed E-state index contributed by atoms with van der Waals surface area (Å²) in [6.07, 6.45) is 11.3. The summed E-state index contributed by atoms with van der Waals surface area (Å²) in [6.45, 7) is 17.0. The molecule has 1 aliphatic carbocycles. The fourth-order valence-corrected chi connectivity index (χ4v) is 6.60. The van der Waals surface area contributed by atoms with Crippen molar-refractivity contribution in [2.75, 3.05) is 0 Å². The summed E-state index contributed by atoms with van der Waals surface area (Å²) >= 11 is 0. The van der Waals surface area contributed by atoms with Gasteiger partial charge in [0.2, 0.25) is 0 Å². The van der Waals surface area contributed by atoms with Crippen LogP contribution >= 0.6 is 0 Å². The Morgan fingerprint density at radius 1 is 0.796 bits per heavy atom. The number of hydrogen-bond acceptors (Lipinski definition) is 8. The maximum Gasteiger partial charge on any atom is 0.325 e. The van der Waals surface area contributed by atoms with Gasteiger partial charge < -0.3 is 14.2 Å². The average Bonchev–Trinajstić information content (AvgIpc) is 3.37. The molecule has 0 heterocycles. The zero-order valence-corrected chi connectivity index (χ0v) is 31.9. The first-order valence-corrected chi connectivity index (χ1v) is 18.9. The summed E-state index contributed by atoms with van der Waals surface area (Å²) < 4.78 is 17.5. The SMILES string of the molecule is CCCCCCCC(=O)c1ccc(OC(=O)C(CCC)C(=O)OC2CCC(CC(=O)OC(C)(C)C)C2CCCCC)c(C(=O)C(C)(C)C)c1. The van der Waals surface area contributed by atoms with Gasteiger partial charge in [-0.05, 0) is 82.9 Å². The molecule has 0 N–H and O–H groups in total. The number of unbranched alkanes of at least 4 members (excludes halogenated alkanes) is 6. The molecule has 0 radical (unpaired) electrons. The third-order valence-electron chi connectivity index (χ3n) is 9.25. The topological polar surface area (TPSA) is 113 Å². The van der Waals surface area contributed by atoms with Gasteiger partial charge in [-0.25, -0.2) is 0 Å². The first kappa shape index (κ1) is 42.1. The maximum absolute atomic E-state index is 13.7. The first-order chi connectivity index (χ1) is 23.0. The fraction of sp³-hybridized carbons (Fsp3) is 0.732. The van der Waals surface area contributed by atoms with Crippen molar-refractivity contribution < 1.29 is 38.2 Å². The summed E-state index contributed by atoms with van der Waals surface area (Å²) in [5, 5.41) is 0. The molecule has 0 spiro atoms. The molecule has 0 aliphatic heterocycles. The molecule has 2 rings (SSSR count). The van der Waals surface area contributed by atoms with Gasteiger partial charge in [-0.15, -0.1) is 0 Å². The fourth-order valence-electron chi connectivity index (χ4n) is 6.60. The second-order valence-electron chi connectivity index (χ2n) is 15.9. The van der Waals surface area contributed by atoms with Crippen molar-refractivity contribution in [2.24, 2.45) is 23.2 Å². The normalized spacial score (nSPS) is 18.5. The van der Waals surface area contributed by atoms with Crippen molar-refractivity contribution in [3.05, 3.63) is 29.3 Å². The van der Waals surface area contributed by atoms with Crippen LogP contribution in [0, 0.1) is 23.2 Å². The highest BCUT2D eigenvalue weighted by Crippen LogP contribution is 2.41. The Kier molecular flexibility index (Phi) is 17.2. The number of carbonyl (C=O) groups is 5. The van der Waals surface area contributed by atoms with E-state index in [2.05, 4.69) is 13.8 Å². The van der Waals surface area contributed by atoms with Crippen molar-refractivity contribution in [1.29, 1.82) is 0 Å². The number of esters is 3. The molecule has 1 saturated carbocycles. The van der Waals surface area contributed by atoms with E-state index in [1.807, 2.05) is 27.7 Å². The van der Waals surface area contributed by atoms with Crippen LogP contribution in [-0.2, 0) is 23.9 Å². The van der Waals surface area contributed by atoms with Crippen LogP contribution in [0.2, 0.25) is 0 Å². The zero-order chi connectivity index (χ0) is 36.8. The lowest BCUT2D eigenvalue weighted by Crippen LogP contribution is -2.35. The van der Waals surface area contributed by atoms with Crippen molar-refractivity contribution in [3.63, 3.8) is 0 Å². The van der Waals surface area contributed by atoms with E-state index in [1.165, 1.54) is 12.1 Å². The van der Waals surface area contributed by atoms with E-state index in [1.54, 1.807) is 26.8 Å². The lowest BCUT2D eigenvalue weighted by atomic mass is 9.85. The molecule has 0 saturated heterocycles. The van der Waals surface area contributed by atoms with Gasteiger partial charge in [0.15, 0.2) is 17.5 Å². The van der Waals surface area contributed by atoms with Crippen LogP contribution in [0.4, 0.5) is 0 Å². The number of benzene rings is 1. The standard InChI is InChI=1S/C41H64O8/c1-10-13-15-16-18-21-33(42)29-23-25-35(32(26-29)37(44)40(4,5)6)48-39(46)31(19-12-3)38(45)47-34-24-22-28(30(34)20-17-14-11-2)27-36(43)49-41(7,8)9/h23,25-26,28,30-31,34H,10-22,24,27H2,1-9H3. The molecule has 1 fully saturated rings. The Balaban J connectivity index is 2.25. The molecular formula is C41H64O8. The molecule has 8 nitrogen and oxygen atoms in total. The number of rotatable bonds is 20. The van der Waals surface area contributed by atoms with Gasteiger partial charge in [-0.3, -0.25) is 24.0 Å². The predicted molar refractivity (Wildman–Crippen MR) is 193 cm³/mol. The molecule has 1 aromatic carbocycles. The highest BCUT2D eigenvalue weighted by Gasteiger charge is 2.42. The summed E-state index contributed by atoms with van der Waals surface area (Å²) in [6, 6.07) is 4.62. The van der Waals surface area contributed by atoms with Crippen molar-refractivity contribution in [3.8, 4) is 5.75 Å². The first-order valence-electron chi connectivity index (χ1n) is 18.9. The summed E-state index contributed by atoms with van der Waals surface area (Å²) in [7, 11) is 0. The third-order valence-corrected chi connectivity index (χ3v) is 9.25. The predicted octanol–water partition coefficient (Wildman–Crippen LogP) is 10.0. The van der Waals surface area contributed by atoms with E-state index in [4.69, 9.17) is 14.2 Å². The second kappa shape index (κ2) is 20.0. The summed E-state index contributed by atoms with van der Waals surface area (Å²) in [5.41, 5.74) is -0.814. The number of ketones is 2. The lowest BCUT2D eigenvalue weighted by Gasteiger charge is -2.27. The Hall–Kier alpha value is -3.03. The second-order valence-corrected chi connectivity index (χ2v) is 15.9. The van der Waals surface area contributed by atoms with E-state index in [0.29, 0.717) is 24.8 Å². The van der Waals surface area contributed by atoms with Gasteiger partial charge in [0.25, 0.3) is 0 Å². The van der Waals surface area contributed by atoms with E-state index < -0.39 is 35.0 Å². The van der Waals surface area contributed by atoms with Gasteiger partial charge in [0.1, 0.15) is 17.5 Å². The van der Waals surface area contributed by atoms with E-state index in [9.17, 15) is 24.0 Å². The van der Waals surface area contributed by atoms with Crippen LogP contribution in [0.1, 0.15) is 179 Å². The minimum absolute atomic E-state index is 0.00551. The molecular weight excluding hydrogens is 620 g/mol. The van der Waals surface area contributed by atoms with Crippen LogP contribution in [0.15, 0.2) is 18.2 Å². The third kappa shape index (κ3) is 14.0. The highest BCUT2D eigenvalue weighted by atomic mass is 16.6. The quantitative estimate of drug-likeness (QED) is 0.0438. The van der Waals surface area contributed by atoms with E-state index in [0.717, 1.165) is 64.2 Å². The monoisotopic (exact) mass is 684 g/mol. The molecule has 276 valence electrons. The van der Waals surface area contributed by atoms with Gasteiger partial charge in [-0.1, -0.05) is 92.9 Å². The minimum Gasteiger partial charge on any atom is -0.461 e. The van der Waals surface area contributed by atoms with Crippen molar-refractivity contribution in [2.45, 2.75) is 170 Å². The largest absolute Gasteiger partial charge is 0.461 e. The van der Waals surface area contributed by atoms with Gasteiger partial charge >= 0.3 is 17.9 Å². The molecule has 4 atom stereocenters. The van der Waals surface area contributed by atoms with E-state index >= 15 is 0 Å². The van der Waals surface area contributed by atoms with Crippen LogP contribution in [0.25, 0.3) is 0 Å². The zero-order valence-electron chi connectivity index (χ0n) is 31.9. The van der Waals surface area contributed by atoms with Crippen LogP contribution in [-0.4, -0.2) is 41.2 Å². The Bertz CT molecular complexity index is 1250. The van der Waals surface area contributed by atoms with Gasteiger partial charge in [0.05, 0.1) is 5.56 Å². The number of carbonyl (C=O) groups excluding carboxylic acids is 5. The van der Waals surface area contributed by atoms with E-state index in [-0.39, 0.29) is 53.5 Å². The minimum atomic E-state index is -1.17. The molecule has 1 aromatic rings. The molecule has 4 unspecified atom stereocenters. The van der Waals surface area contributed by atoms with Gasteiger partial charge in [0, 0.05) is 23.8 Å². The molecule has 0 aromatic heterocycles. The number of ether oxygens (including phenoxy) is 3. The van der Waals surface area contributed by atoms with Gasteiger partial charge in [-0.2, -0.15) is 0 Å². The Labute approximate surface area is 295 Å². The Morgan fingerprint density at radius 3 is 2.06 bits per heavy atom. The molecule has 8 heteroatoms. The molecule has 1 aliphatic rings. The number of Topliss-reactive ketones (excluding diaryl/α,β-unsaturated/α-hetero) is 2. The smallest absolute Gasteiger partial charge is 0.325 e. The average molecular weight is 685 g/mol. The molecule has 0 amide bonds. The van der Waals surface area contributed by atoms with Crippen LogP contribution < -0.4 is 4.74 Å². The summed E-state index contributed by atoms with van der Waals surface area (Å²) in [4.78, 5) is 66.6. The molecule has 0 bridgehead atoms. The Morgan fingerprint density at radius 2 is 1.45 bits per heavy atom.